The molecule has 0 unspecified atom stereocenters. The zero-order valence-corrected chi connectivity index (χ0v) is 11.5. The van der Waals surface area contributed by atoms with E-state index in [0.717, 1.165) is 0 Å². The molecule has 0 spiro atoms. The van der Waals surface area contributed by atoms with Gasteiger partial charge in [0.2, 0.25) is 15.9 Å². The minimum atomic E-state index is -3.94. The lowest BCUT2D eigenvalue weighted by Crippen LogP contribution is -2.52. The predicted octanol–water partition coefficient (Wildman–Crippen LogP) is 0.464. The number of hydrogen-bond acceptors (Lipinski definition) is 4. The largest absolute Gasteiger partial charge is 0.398 e. The molecule has 0 atom stereocenters. The van der Waals surface area contributed by atoms with Crippen LogP contribution in [0.15, 0.2) is 23.1 Å². The molecule has 1 amide bonds. The highest BCUT2D eigenvalue weighted by Crippen LogP contribution is 2.23. The van der Waals surface area contributed by atoms with E-state index < -0.39 is 21.5 Å². The lowest BCUT2D eigenvalue weighted by Gasteiger charge is -2.22. The van der Waals surface area contributed by atoms with Gasteiger partial charge in [0.15, 0.2) is 0 Å². The monoisotopic (exact) mass is 291 g/mol. The Bertz CT molecular complexity index is 584. The van der Waals surface area contributed by atoms with Crippen molar-refractivity contribution < 1.29 is 13.2 Å². The Kier molecular flexibility index (Phi) is 3.89. The SMILES string of the molecule is CC(C)(NS(=O)(=O)c1ccc(Cl)cc1N)C(N)=O. The Morgan fingerprint density at radius 3 is 2.39 bits per heavy atom. The van der Waals surface area contributed by atoms with Gasteiger partial charge in [0, 0.05) is 5.02 Å². The lowest BCUT2D eigenvalue weighted by atomic mass is 10.1. The maximum Gasteiger partial charge on any atom is 0.243 e. The van der Waals surface area contributed by atoms with Crippen molar-refractivity contribution in [3.05, 3.63) is 23.2 Å². The average molecular weight is 292 g/mol. The van der Waals surface area contributed by atoms with Crippen LogP contribution in [0.3, 0.4) is 0 Å². The van der Waals surface area contributed by atoms with Crippen molar-refractivity contribution in [3.63, 3.8) is 0 Å². The number of halogens is 1. The first-order chi connectivity index (χ1) is 8.06. The van der Waals surface area contributed by atoms with E-state index in [2.05, 4.69) is 4.72 Å². The molecule has 6 nitrogen and oxygen atoms in total. The molecule has 0 heterocycles. The van der Waals surface area contributed by atoms with Crippen LogP contribution >= 0.6 is 11.6 Å². The van der Waals surface area contributed by atoms with Gasteiger partial charge < -0.3 is 11.5 Å². The highest BCUT2D eigenvalue weighted by atomic mass is 35.5. The van der Waals surface area contributed by atoms with Crippen LogP contribution in [0.5, 0.6) is 0 Å². The van der Waals surface area contributed by atoms with Crippen LogP contribution in [0.2, 0.25) is 5.02 Å². The number of benzene rings is 1. The molecule has 0 radical (unpaired) electrons. The first-order valence-electron chi connectivity index (χ1n) is 4.95. The summed E-state index contributed by atoms with van der Waals surface area (Å²) in [6, 6.07) is 3.97. The number of carbonyl (C=O) groups is 1. The maximum absolute atomic E-state index is 12.0. The molecule has 1 aromatic carbocycles. The van der Waals surface area contributed by atoms with Crippen molar-refractivity contribution in [2.45, 2.75) is 24.3 Å². The third kappa shape index (κ3) is 3.12. The number of amides is 1. The van der Waals surface area contributed by atoms with Gasteiger partial charge in [0.25, 0.3) is 0 Å². The number of nitrogens with one attached hydrogen (secondary N) is 1. The number of rotatable bonds is 4. The molecule has 18 heavy (non-hydrogen) atoms. The molecule has 100 valence electrons. The molecule has 0 aromatic heterocycles. The average Bonchev–Trinajstić information content (AvgIpc) is 2.14. The Morgan fingerprint density at radius 2 is 1.94 bits per heavy atom. The van der Waals surface area contributed by atoms with E-state index in [0.29, 0.717) is 5.02 Å². The van der Waals surface area contributed by atoms with Crippen molar-refractivity contribution in [1.29, 1.82) is 0 Å². The third-order valence-corrected chi connectivity index (χ3v) is 4.23. The van der Waals surface area contributed by atoms with Crippen molar-refractivity contribution in [2.75, 3.05) is 5.73 Å². The summed E-state index contributed by atoms with van der Waals surface area (Å²) in [5, 5.41) is 0.320. The topological polar surface area (TPSA) is 115 Å². The first kappa shape index (κ1) is 14.7. The molecule has 0 aliphatic rings. The fraction of sp³-hybridized carbons (Fsp3) is 0.300. The minimum Gasteiger partial charge on any atom is -0.398 e. The summed E-state index contributed by atoms with van der Waals surface area (Å²) in [6.45, 7) is 2.72. The van der Waals surface area contributed by atoms with Gasteiger partial charge >= 0.3 is 0 Å². The van der Waals surface area contributed by atoms with Crippen molar-refractivity contribution in [1.82, 2.24) is 4.72 Å². The number of anilines is 1. The third-order valence-electron chi connectivity index (χ3n) is 2.27. The van der Waals surface area contributed by atoms with Crippen LogP contribution in [0, 0.1) is 0 Å². The molecule has 8 heteroatoms. The lowest BCUT2D eigenvalue weighted by molar-refractivity contribution is -0.122. The minimum absolute atomic E-state index is 0.00438. The molecular formula is C10H14ClN3O3S. The second-order valence-corrected chi connectivity index (χ2v) is 6.36. The summed E-state index contributed by atoms with van der Waals surface area (Å²) >= 11 is 5.68. The summed E-state index contributed by atoms with van der Waals surface area (Å²) in [6.07, 6.45) is 0. The number of hydrogen-bond donors (Lipinski definition) is 3. The van der Waals surface area contributed by atoms with E-state index in [1.807, 2.05) is 0 Å². The molecule has 0 aliphatic heterocycles. The standard InChI is InChI=1S/C10H14ClN3O3S/c1-10(2,9(13)15)14-18(16,17)8-4-3-6(11)5-7(8)12/h3-5,14H,12H2,1-2H3,(H2,13,15). The Morgan fingerprint density at radius 1 is 1.39 bits per heavy atom. The fourth-order valence-corrected chi connectivity index (χ4v) is 2.88. The predicted molar refractivity (Wildman–Crippen MR) is 69.5 cm³/mol. The second kappa shape index (κ2) is 4.75. The van der Waals surface area contributed by atoms with Crippen molar-refractivity contribution in [2.24, 2.45) is 5.73 Å². The van der Waals surface area contributed by atoms with Crippen LogP contribution < -0.4 is 16.2 Å². The summed E-state index contributed by atoms with van der Waals surface area (Å²) in [5.41, 5.74) is 9.27. The number of primary amides is 1. The van der Waals surface area contributed by atoms with E-state index >= 15 is 0 Å². The Balaban J connectivity index is 3.19. The summed E-state index contributed by atoms with van der Waals surface area (Å²) in [4.78, 5) is 11.0. The summed E-state index contributed by atoms with van der Waals surface area (Å²) in [7, 11) is -3.94. The number of nitrogen functional groups attached to an aromatic ring is 1. The Labute approximate surface area is 110 Å². The van der Waals surface area contributed by atoms with Crippen LogP contribution in [0.25, 0.3) is 0 Å². The van der Waals surface area contributed by atoms with Gasteiger partial charge in [-0.25, -0.2) is 8.42 Å². The number of sulfonamides is 1. The molecule has 0 saturated carbocycles. The molecule has 1 rings (SSSR count). The maximum atomic E-state index is 12.0. The van der Waals surface area contributed by atoms with E-state index in [9.17, 15) is 13.2 Å². The molecular weight excluding hydrogens is 278 g/mol. The number of carbonyl (C=O) groups excluding carboxylic acids is 1. The van der Waals surface area contributed by atoms with Crippen LogP contribution in [-0.2, 0) is 14.8 Å². The van der Waals surface area contributed by atoms with Gasteiger partial charge in [-0.15, -0.1) is 0 Å². The highest BCUT2D eigenvalue weighted by molar-refractivity contribution is 7.89. The summed E-state index contributed by atoms with van der Waals surface area (Å²) in [5.74, 6) is -0.793. The fourth-order valence-electron chi connectivity index (χ4n) is 1.21. The van der Waals surface area contributed by atoms with Gasteiger partial charge in [0.05, 0.1) is 5.69 Å². The normalized spacial score (nSPS) is 12.4. The molecule has 0 fully saturated rings. The van der Waals surface area contributed by atoms with Gasteiger partial charge in [-0.05, 0) is 32.0 Å². The quantitative estimate of drug-likeness (QED) is 0.699. The molecule has 1 aromatic rings. The smallest absolute Gasteiger partial charge is 0.243 e. The zero-order valence-electron chi connectivity index (χ0n) is 9.90. The molecule has 0 saturated heterocycles. The van der Waals surface area contributed by atoms with E-state index in [1.54, 1.807) is 0 Å². The molecule has 5 N–H and O–H groups in total. The van der Waals surface area contributed by atoms with Gasteiger partial charge in [0.1, 0.15) is 10.4 Å². The van der Waals surface area contributed by atoms with E-state index in [-0.39, 0.29) is 10.6 Å². The van der Waals surface area contributed by atoms with Gasteiger partial charge in [-0.2, -0.15) is 4.72 Å². The van der Waals surface area contributed by atoms with E-state index in [1.165, 1.54) is 32.0 Å². The van der Waals surface area contributed by atoms with Crippen LogP contribution in [0.1, 0.15) is 13.8 Å². The second-order valence-electron chi connectivity index (χ2n) is 4.28. The van der Waals surface area contributed by atoms with Crippen LogP contribution in [0.4, 0.5) is 5.69 Å². The van der Waals surface area contributed by atoms with Gasteiger partial charge in [-0.3, -0.25) is 4.79 Å². The van der Waals surface area contributed by atoms with Gasteiger partial charge in [-0.1, -0.05) is 11.6 Å². The van der Waals surface area contributed by atoms with Crippen LogP contribution in [-0.4, -0.2) is 19.9 Å². The van der Waals surface area contributed by atoms with Crippen molar-refractivity contribution in [3.8, 4) is 0 Å². The van der Waals surface area contributed by atoms with Crippen molar-refractivity contribution >= 4 is 33.2 Å². The number of nitrogens with two attached hydrogens (primary N) is 2. The Hall–Kier alpha value is -1.31. The van der Waals surface area contributed by atoms with E-state index in [4.69, 9.17) is 23.1 Å². The zero-order chi connectivity index (χ0) is 14.1. The first-order valence-corrected chi connectivity index (χ1v) is 6.81. The summed E-state index contributed by atoms with van der Waals surface area (Å²) < 4.78 is 26.3. The molecule has 0 bridgehead atoms. The molecule has 0 aliphatic carbocycles. The highest BCUT2D eigenvalue weighted by Gasteiger charge is 2.32.